The first-order valence-electron chi connectivity index (χ1n) is 7.02. The third-order valence-electron chi connectivity index (χ3n) is 4.17. The number of hydrogen-bond donors (Lipinski definition) is 1. The molecule has 1 saturated heterocycles. The molecule has 5 heteroatoms. The van der Waals surface area contributed by atoms with E-state index in [0.717, 1.165) is 17.4 Å². The average molecular weight is 296 g/mol. The molecule has 1 aromatic rings. The lowest BCUT2D eigenvalue weighted by Crippen LogP contribution is -2.41. The summed E-state index contributed by atoms with van der Waals surface area (Å²) in [6.07, 6.45) is 0.750. The molecule has 2 rings (SSSR count). The largest absolute Gasteiger partial charge is 0.496 e. The zero-order valence-corrected chi connectivity index (χ0v) is 13.6. The maximum Gasteiger partial charge on any atom is 0.496 e. The molecule has 2 N–H and O–H groups in total. The fraction of sp³-hybridized carbons (Fsp3) is 0.600. The van der Waals surface area contributed by atoms with Crippen molar-refractivity contribution in [1.29, 1.82) is 0 Å². The highest BCUT2D eigenvalue weighted by atomic mass is 35.5. The zero-order valence-electron chi connectivity index (χ0n) is 12.9. The van der Waals surface area contributed by atoms with Gasteiger partial charge >= 0.3 is 7.12 Å². The molecule has 0 aliphatic carbocycles. The topological polar surface area (TPSA) is 44.5 Å². The molecule has 1 aliphatic rings. The van der Waals surface area contributed by atoms with Gasteiger partial charge in [-0.3, -0.25) is 0 Å². The van der Waals surface area contributed by atoms with Crippen LogP contribution in [-0.4, -0.2) is 24.4 Å². The first kappa shape index (κ1) is 15.8. The van der Waals surface area contributed by atoms with Crippen molar-refractivity contribution in [2.45, 2.75) is 58.3 Å². The molecule has 1 heterocycles. The van der Waals surface area contributed by atoms with E-state index in [2.05, 4.69) is 0 Å². The van der Waals surface area contributed by atoms with Crippen LogP contribution >= 0.6 is 11.6 Å². The van der Waals surface area contributed by atoms with E-state index in [9.17, 15) is 0 Å². The molecule has 0 aromatic heterocycles. The van der Waals surface area contributed by atoms with Crippen molar-refractivity contribution < 1.29 is 9.31 Å². The average Bonchev–Trinajstić information content (AvgIpc) is 2.46. The second-order valence-corrected chi connectivity index (χ2v) is 6.99. The summed E-state index contributed by atoms with van der Waals surface area (Å²) in [7, 11) is -0.442. The van der Waals surface area contributed by atoms with Gasteiger partial charge in [-0.05, 0) is 52.7 Å². The van der Waals surface area contributed by atoms with Gasteiger partial charge in [0.1, 0.15) is 0 Å². The molecule has 3 nitrogen and oxygen atoms in total. The molecule has 0 spiro atoms. The lowest BCUT2D eigenvalue weighted by atomic mass is 9.74. The summed E-state index contributed by atoms with van der Waals surface area (Å²) in [5, 5.41) is 0.668. The van der Waals surface area contributed by atoms with Gasteiger partial charge in [-0.2, -0.15) is 0 Å². The van der Waals surface area contributed by atoms with E-state index in [-0.39, 0.29) is 17.2 Å². The van der Waals surface area contributed by atoms with Crippen LogP contribution in [0, 0.1) is 0 Å². The number of hydrogen-bond acceptors (Lipinski definition) is 3. The van der Waals surface area contributed by atoms with E-state index in [0.29, 0.717) is 5.02 Å². The van der Waals surface area contributed by atoms with Crippen LogP contribution in [0.4, 0.5) is 0 Å². The van der Waals surface area contributed by atoms with Gasteiger partial charge in [-0.25, -0.2) is 0 Å². The van der Waals surface area contributed by atoms with Crippen molar-refractivity contribution in [3.05, 3.63) is 28.8 Å². The maximum atomic E-state index is 6.38. The minimum Gasteiger partial charge on any atom is -0.399 e. The third-order valence-corrected chi connectivity index (χ3v) is 4.50. The Balaban J connectivity index is 2.39. The van der Waals surface area contributed by atoms with Crippen LogP contribution < -0.4 is 11.2 Å². The summed E-state index contributed by atoms with van der Waals surface area (Å²) in [6.45, 7) is 10.1. The lowest BCUT2D eigenvalue weighted by molar-refractivity contribution is 0.00578. The first-order chi connectivity index (χ1) is 9.14. The Hall–Kier alpha value is -0.545. The molecule has 0 radical (unpaired) electrons. The molecule has 1 atom stereocenters. The molecule has 0 bridgehead atoms. The monoisotopic (exact) mass is 295 g/mol. The molecule has 1 fully saturated rings. The Morgan fingerprint density at radius 3 is 2.25 bits per heavy atom. The molecular weight excluding hydrogens is 272 g/mol. The second kappa shape index (κ2) is 5.34. The zero-order chi connectivity index (χ0) is 15.1. The van der Waals surface area contributed by atoms with Crippen LogP contribution in [0.25, 0.3) is 0 Å². The fourth-order valence-corrected chi connectivity index (χ4v) is 2.61. The minimum atomic E-state index is -0.442. The molecule has 20 heavy (non-hydrogen) atoms. The number of benzene rings is 1. The highest BCUT2D eigenvalue weighted by molar-refractivity contribution is 6.66. The highest BCUT2D eigenvalue weighted by Gasteiger charge is 2.52. The van der Waals surface area contributed by atoms with Crippen molar-refractivity contribution in [2.75, 3.05) is 0 Å². The molecule has 0 saturated carbocycles. The molecule has 1 aromatic carbocycles. The van der Waals surface area contributed by atoms with Crippen LogP contribution in [0.2, 0.25) is 5.02 Å². The van der Waals surface area contributed by atoms with Crippen molar-refractivity contribution in [3.8, 4) is 0 Å². The van der Waals surface area contributed by atoms with E-state index in [1.807, 2.05) is 52.8 Å². The molecular formula is C15H23BClNO2. The SMILES string of the molecule is CC(N)Cc1cccc(Cl)c1B1OC(C)(C)C(C)(C)O1. The fourth-order valence-electron chi connectivity index (χ4n) is 2.33. The van der Waals surface area contributed by atoms with Gasteiger partial charge in [0.15, 0.2) is 0 Å². The number of nitrogens with two attached hydrogens (primary N) is 1. The van der Waals surface area contributed by atoms with Gasteiger partial charge in [0, 0.05) is 16.5 Å². The van der Waals surface area contributed by atoms with Gasteiger partial charge in [0.25, 0.3) is 0 Å². The van der Waals surface area contributed by atoms with E-state index in [1.54, 1.807) is 0 Å². The normalized spacial score (nSPS) is 22.1. The predicted octanol–water partition coefficient (Wildman–Crippen LogP) is 2.53. The summed E-state index contributed by atoms with van der Waals surface area (Å²) < 4.78 is 12.2. The standard InChI is InChI=1S/C15H23BClNO2/c1-10(18)9-11-7-6-8-12(17)13(11)16-19-14(2,3)15(4,5)20-16/h6-8,10H,9,18H2,1-5H3. The maximum absolute atomic E-state index is 6.38. The Labute approximate surface area is 126 Å². The third kappa shape index (κ3) is 2.89. The lowest BCUT2D eigenvalue weighted by Gasteiger charge is -2.32. The predicted molar refractivity (Wildman–Crippen MR) is 84.5 cm³/mol. The molecule has 110 valence electrons. The van der Waals surface area contributed by atoms with Crippen LogP contribution in [0.5, 0.6) is 0 Å². The number of rotatable bonds is 3. The van der Waals surface area contributed by atoms with Crippen molar-refractivity contribution in [2.24, 2.45) is 5.73 Å². The van der Waals surface area contributed by atoms with E-state index < -0.39 is 7.12 Å². The smallest absolute Gasteiger partial charge is 0.399 e. The van der Waals surface area contributed by atoms with Crippen molar-refractivity contribution >= 4 is 24.2 Å². The first-order valence-corrected chi connectivity index (χ1v) is 7.40. The summed E-state index contributed by atoms with van der Waals surface area (Å²) >= 11 is 6.38. The van der Waals surface area contributed by atoms with Gasteiger partial charge in [0.05, 0.1) is 11.2 Å². The van der Waals surface area contributed by atoms with Crippen LogP contribution in [0.15, 0.2) is 18.2 Å². The van der Waals surface area contributed by atoms with Crippen LogP contribution in [0.3, 0.4) is 0 Å². The van der Waals surface area contributed by atoms with Crippen LogP contribution in [0.1, 0.15) is 40.2 Å². The highest BCUT2D eigenvalue weighted by Crippen LogP contribution is 2.37. The van der Waals surface area contributed by atoms with Crippen LogP contribution in [-0.2, 0) is 15.7 Å². The molecule has 0 amide bonds. The summed E-state index contributed by atoms with van der Waals surface area (Å²) in [4.78, 5) is 0. The Kier molecular flexibility index (Phi) is 4.23. The Bertz CT molecular complexity index is 487. The van der Waals surface area contributed by atoms with Gasteiger partial charge in [-0.15, -0.1) is 0 Å². The minimum absolute atomic E-state index is 0.0645. The van der Waals surface area contributed by atoms with E-state index >= 15 is 0 Å². The van der Waals surface area contributed by atoms with Gasteiger partial charge < -0.3 is 15.0 Å². The van der Waals surface area contributed by atoms with Crippen molar-refractivity contribution in [1.82, 2.24) is 0 Å². The Morgan fingerprint density at radius 1 is 1.20 bits per heavy atom. The van der Waals surface area contributed by atoms with E-state index in [4.69, 9.17) is 26.6 Å². The van der Waals surface area contributed by atoms with E-state index in [1.165, 1.54) is 0 Å². The Morgan fingerprint density at radius 2 is 1.75 bits per heavy atom. The summed E-state index contributed by atoms with van der Waals surface area (Å²) in [6, 6.07) is 5.91. The quantitative estimate of drug-likeness (QED) is 0.872. The van der Waals surface area contributed by atoms with Gasteiger partial charge in [-0.1, -0.05) is 23.7 Å². The summed E-state index contributed by atoms with van der Waals surface area (Å²) in [5.41, 5.74) is 7.18. The number of halogens is 1. The molecule has 1 unspecified atom stereocenters. The molecule has 1 aliphatic heterocycles. The van der Waals surface area contributed by atoms with Gasteiger partial charge in [0.2, 0.25) is 0 Å². The second-order valence-electron chi connectivity index (χ2n) is 6.58. The van der Waals surface area contributed by atoms with Crippen molar-refractivity contribution in [3.63, 3.8) is 0 Å². The summed E-state index contributed by atoms with van der Waals surface area (Å²) in [5.74, 6) is 0.